The third-order valence-corrected chi connectivity index (χ3v) is 12.3. The highest BCUT2D eigenvalue weighted by atomic mass is 16.4. The number of nitrogens with two attached hydrogens (primary N) is 2. The van der Waals surface area contributed by atoms with Gasteiger partial charge in [0.15, 0.2) is 5.96 Å². The number of unbranched alkanes of at least 4 members (excludes halogenated alkanes) is 1. The molecule has 27 heteroatoms. The maximum Gasteiger partial charge on any atom is 0.326 e. The first-order chi connectivity index (χ1) is 37.2. The molecule has 1 aliphatic rings. The molecule has 27 nitrogen and oxygen atoms in total. The van der Waals surface area contributed by atoms with Crippen molar-refractivity contribution in [1.82, 2.24) is 57.5 Å². The van der Waals surface area contributed by atoms with Crippen molar-refractivity contribution in [2.45, 2.75) is 140 Å². The third-order valence-electron chi connectivity index (χ3n) is 12.3. The number of aliphatic carboxylic acids is 2. The Kier molecular flexibility index (Phi) is 27.2. The number of benzene rings is 2. The number of nitrogens with one attached hydrogen (secondary N) is 10. The van der Waals surface area contributed by atoms with Crippen LogP contribution < -0.4 is 54.0 Å². The van der Waals surface area contributed by atoms with E-state index in [2.05, 4.69) is 62.5 Å². The highest BCUT2D eigenvalue weighted by Crippen LogP contribution is 2.20. The number of aliphatic imine (C=N–C) groups is 1. The summed E-state index contributed by atoms with van der Waals surface area (Å²) in [6.07, 6.45) is 5.28. The number of para-hydroxylation sites is 1. The number of aromatic amines is 2. The van der Waals surface area contributed by atoms with E-state index in [1.54, 1.807) is 42.6 Å². The summed E-state index contributed by atoms with van der Waals surface area (Å²) < 4.78 is 0. The van der Waals surface area contributed by atoms with Crippen LogP contribution in [0.4, 0.5) is 0 Å². The Balaban J connectivity index is 0.00000317. The average Bonchev–Trinajstić information content (AvgIpc) is 4.08. The van der Waals surface area contributed by atoms with Gasteiger partial charge in [-0.1, -0.05) is 68.3 Å². The monoisotopic (exact) mass is 1100 g/mol. The van der Waals surface area contributed by atoms with Crippen LogP contribution in [-0.4, -0.2) is 151 Å². The molecule has 18 N–H and O–H groups in total. The van der Waals surface area contributed by atoms with E-state index in [4.69, 9.17) is 21.4 Å². The number of nitrogens with zero attached hydrogens (tertiary/aromatic N) is 2. The number of hydrogen-bond donors (Lipinski definition) is 14. The molecule has 79 heavy (non-hydrogen) atoms. The van der Waals surface area contributed by atoms with Gasteiger partial charge in [0.2, 0.25) is 47.3 Å². The van der Waals surface area contributed by atoms with Gasteiger partial charge < -0.3 is 79.7 Å². The number of guanidine groups is 1. The molecular weight excluding hydrogens is 1030 g/mol. The van der Waals surface area contributed by atoms with Crippen LogP contribution >= 0.6 is 0 Å². The quantitative estimate of drug-likeness (QED) is 0.0329. The van der Waals surface area contributed by atoms with E-state index in [-0.39, 0.29) is 82.3 Å². The lowest BCUT2D eigenvalue weighted by molar-refractivity contribution is -0.142. The third kappa shape index (κ3) is 22.7. The molecule has 0 saturated carbocycles. The summed E-state index contributed by atoms with van der Waals surface area (Å²) in [4.78, 5) is 148. The Bertz CT molecular complexity index is 2690. The fourth-order valence-electron chi connectivity index (χ4n) is 8.37. The molecule has 8 amide bonds. The van der Waals surface area contributed by atoms with Crippen LogP contribution in [0.25, 0.3) is 10.9 Å². The molecule has 7 atom stereocenters. The second-order valence-electron chi connectivity index (χ2n) is 18.7. The van der Waals surface area contributed by atoms with E-state index in [0.717, 1.165) is 17.8 Å². The first-order valence-corrected chi connectivity index (χ1v) is 25.6. The van der Waals surface area contributed by atoms with Crippen molar-refractivity contribution in [3.8, 4) is 0 Å². The number of carbonyl (C=O) groups excluding carboxylic acids is 8. The molecule has 0 spiro atoms. The number of rotatable bonds is 17. The molecule has 2 aromatic carbocycles. The summed E-state index contributed by atoms with van der Waals surface area (Å²) in [6.45, 7) is 4.27. The molecule has 430 valence electrons. The van der Waals surface area contributed by atoms with E-state index >= 15 is 0 Å². The van der Waals surface area contributed by atoms with Gasteiger partial charge in [-0.3, -0.25) is 48.1 Å². The van der Waals surface area contributed by atoms with Gasteiger partial charge in [0, 0.05) is 75.2 Å². The van der Waals surface area contributed by atoms with E-state index in [1.807, 2.05) is 25.1 Å². The maximum absolute atomic E-state index is 14.7. The van der Waals surface area contributed by atoms with Crippen LogP contribution in [0.3, 0.4) is 0 Å². The molecule has 0 radical (unpaired) electrons. The van der Waals surface area contributed by atoms with Gasteiger partial charge in [0.25, 0.3) is 5.97 Å². The van der Waals surface area contributed by atoms with E-state index < -0.39 is 108 Å². The van der Waals surface area contributed by atoms with E-state index in [9.17, 15) is 48.3 Å². The van der Waals surface area contributed by atoms with Crippen LogP contribution in [0.5, 0.6) is 0 Å². The summed E-state index contributed by atoms with van der Waals surface area (Å²) >= 11 is 0. The highest BCUT2D eigenvalue weighted by molar-refractivity contribution is 5.99. The van der Waals surface area contributed by atoms with Crippen molar-refractivity contribution in [2.75, 3.05) is 13.1 Å². The van der Waals surface area contributed by atoms with E-state index in [1.165, 1.54) is 19.4 Å². The molecule has 0 bridgehead atoms. The van der Waals surface area contributed by atoms with Crippen LogP contribution in [-0.2, 0) is 67.2 Å². The SMILES string of the molecule is CC(=O)O.CCCC[C@H](NC(C)=O)C(=O)N[C@H]1CC(=O)NCCCC[C@@H](C(=O)O)NC(=O)[C@@H](Cc2c[nH]c3ccccc23)NC(=O)[C@@H](CCCN=C(N)N)NC(=O)[C@@H](Cc2ccccc2)NC(=O)[C@@H](Cc2cnc[nH]2)NC1=O.O. The highest BCUT2D eigenvalue weighted by Gasteiger charge is 2.35. The molecule has 5 rings (SSSR count). The number of H-pyrrole nitrogens is 2. The van der Waals surface area contributed by atoms with Crippen molar-refractivity contribution in [1.29, 1.82) is 0 Å². The molecule has 2 aromatic heterocycles. The van der Waals surface area contributed by atoms with Crippen molar-refractivity contribution < 1.29 is 63.6 Å². The van der Waals surface area contributed by atoms with Gasteiger partial charge in [-0.2, -0.15) is 0 Å². The summed E-state index contributed by atoms with van der Waals surface area (Å²) in [6, 6.07) is 6.21. The standard InChI is InChI=1S/C50H68N14O10.C2H4O2.H2O/c1-3-4-16-35(58-29(2)65)43(67)64-41-25-42(66)54-20-11-10-18-37(49(73)74)60-46(70)39(23-31-26-56-34-17-9-8-15-33(31)34)62-44(68)36(19-12-21-55-50(51)52)59-45(69)38(22-30-13-6-5-7-14-30)61-47(71)40(63-48(41)72)24-32-27-53-28-57-32;1-2(3)4;/h5-9,13-15,17,26-28,35-41,56H,3-4,10-12,16,18-25H2,1-2H3,(H,53,57)(H,54,66)(H,58,65)(H,59,69)(H,60,70)(H,61,71)(H,62,68)(H,63,72)(H,64,67)(H,73,74)(H4,51,52,55);1H3,(H,3,4);1H2/t35-,36+,37-,38+,39+,40+,41-;;/m0../s1. The predicted molar refractivity (Wildman–Crippen MR) is 289 cm³/mol. The molecule has 1 fully saturated rings. The van der Waals surface area contributed by atoms with Gasteiger partial charge in [0.05, 0.1) is 12.7 Å². The number of carboxylic acid groups (broad SMARTS) is 2. The van der Waals surface area contributed by atoms with Crippen molar-refractivity contribution >= 4 is 76.1 Å². The first kappa shape index (κ1) is 64.4. The molecular formula is C52H74N14O13. The normalized spacial score (nSPS) is 20.3. The van der Waals surface area contributed by atoms with Crippen LogP contribution in [0, 0.1) is 0 Å². The predicted octanol–water partition coefficient (Wildman–Crippen LogP) is -1.38. The van der Waals surface area contributed by atoms with Crippen molar-refractivity contribution in [2.24, 2.45) is 16.5 Å². The summed E-state index contributed by atoms with van der Waals surface area (Å²) in [5.41, 5.74) is 13.5. The first-order valence-electron chi connectivity index (χ1n) is 25.6. The zero-order valence-corrected chi connectivity index (χ0v) is 44.4. The van der Waals surface area contributed by atoms with Crippen molar-refractivity contribution in [3.63, 3.8) is 0 Å². The number of fused-ring (bicyclic) bond motifs is 1. The van der Waals surface area contributed by atoms with Gasteiger partial charge >= 0.3 is 5.97 Å². The lowest BCUT2D eigenvalue weighted by atomic mass is 10.0. The number of amides is 8. The summed E-state index contributed by atoms with van der Waals surface area (Å²) in [7, 11) is 0. The second kappa shape index (κ2) is 33.3. The molecule has 1 aliphatic heterocycles. The van der Waals surface area contributed by atoms with Gasteiger partial charge in [-0.15, -0.1) is 0 Å². The molecule has 0 unspecified atom stereocenters. The average molecular weight is 1100 g/mol. The lowest BCUT2D eigenvalue weighted by Gasteiger charge is -2.28. The zero-order valence-electron chi connectivity index (χ0n) is 44.4. The zero-order chi connectivity index (χ0) is 57.1. The number of aromatic nitrogens is 3. The van der Waals surface area contributed by atoms with Crippen LogP contribution in [0.2, 0.25) is 0 Å². The summed E-state index contributed by atoms with van der Waals surface area (Å²) in [5, 5.41) is 39.8. The largest absolute Gasteiger partial charge is 0.481 e. The van der Waals surface area contributed by atoms with Crippen LogP contribution in [0.15, 0.2) is 78.3 Å². The second-order valence-corrected chi connectivity index (χ2v) is 18.7. The van der Waals surface area contributed by atoms with E-state index in [0.29, 0.717) is 29.7 Å². The fraction of sp³-hybridized carbons (Fsp3) is 0.462. The molecule has 4 aromatic rings. The fourth-order valence-corrected chi connectivity index (χ4v) is 8.37. The number of hydrogen-bond acceptors (Lipinski definition) is 12. The Labute approximate surface area is 455 Å². The number of imidazole rings is 1. The van der Waals surface area contributed by atoms with Gasteiger partial charge in [0.1, 0.15) is 42.3 Å². The lowest BCUT2D eigenvalue weighted by Crippen LogP contribution is -2.61. The Hall–Kier alpha value is -8.88. The topological polar surface area (TPSA) is 448 Å². The molecule has 3 heterocycles. The Morgan fingerprint density at radius 2 is 1.37 bits per heavy atom. The number of carboxylic acids is 2. The minimum atomic E-state index is -1.59. The maximum atomic E-state index is 14.7. The Morgan fingerprint density at radius 1 is 0.759 bits per heavy atom. The molecule has 1 saturated heterocycles. The minimum Gasteiger partial charge on any atom is -0.481 e. The Morgan fingerprint density at radius 3 is 2.00 bits per heavy atom. The van der Waals surface area contributed by atoms with Crippen LogP contribution in [0.1, 0.15) is 95.4 Å². The summed E-state index contributed by atoms with van der Waals surface area (Å²) in [5.74, 6) is -8.64. The van der Waals surface area contributed by atoms with Gasteiger partial charge in [-0.05, 0) is 55.7 Å². The molecule has 0 aliphatic carbocycles. The van der Waals surface area contributed by atoms with Gasteiger partial charge in [-0.25, -0.2) is 9.78 Å². The smallest absolute Gasteiger partial charge is 0.326 e. The van der Waals surface area contributed by atoms with Crippen molar-refractivity contribution in [3.05, 3.63) is 90.1 Å². The number of carbonyl (C=O) groups is 10. The minimum absolute atomic E-state index is 0.